The summed E-state index contributed by atoms with van der Waals surface area (Å²) in [7, 11) is 0. The number of aromatic nitrogens is 2. The normalized spacial score (nSPS) is 8.00. The van der Waals surface area contributed by atoms with E-state index in [1.54, 1.807) is 0 Å². The Bertz CT molecular complexity index is 218. The summed E-state index contributed by atoms with van der Waals surface area (Å²) >= 11 is 0. The molecule has 1 aromatic heterocycles. The molecule has 0 radical (unpaired) electrons. The average Bonchev–Trinajstić information content (AvgIpc) is 1.90. The Morgan fingerprint density at radius 1 is 1.50 bits per heavy atom. The second-order valence-corrected chi connectivity index (χ2v) is 1.49. The predicted molar refractivity (Wildman–Crippen MR) is 31.7 cm³/mol. The van der Waals surface area contributed by atoms with E-state index in [0.29, 0.717) is 5.56 Å². The molecule has 0 aliphatic rings. The molecule has 1 heterocycles. The molecule has 0 fully saturated rings. The van der Waals surface area contributed by atoms with Gasteiger partial charge >= 0.3 is 29.6 Å². The van der Waals surface area contributed by atoms with Crippen molar-refractivity contribution in [2.24, 2.45) is 5.73 Å². The third-order valence-electron chi connectivity index (χ3n) is 0.845. The molecule has 10 heavy (non-hydrogen) atoms. The molecule has 0 atom stereocenters. The van der Waals surface area contributed by atoms with Crippen LogP contribution in [0, 0.1) is 0 Å². The summed E-state index contributed by atoms with van der Waals surface area (Å²) in [4.78, 5) is 17.5. The molecule has 1 amide bonds. The number of rotatable bonds is 1. The quantitative estimate of drug-likeness (QED) is 0.423. The van der Waals surface area contributed by atoms with Gasteiger partial charge < -0.3 is 7.16 Å². The van der Waals surface area contributed by atoms with Gasteiger partial charge in [-0.3, -0.25) is 4.79 Å². The topological polar surface area (TPSA) is 68.9 Å². The van der Waals surface area contributed by atoms with E-state index in [4.69, 9.17) is 5.73 Å². The van der Waals surface area contributed by atoms with E-state index in [-0.39, 0.29) is 31.0 Å². The number of nitrogens with two attached hydrogens (primary N) is 1. The van der Waals surface area contributed by atoms with Gasteiger partial charge in [0.05, 0.1) is 5.56 Å². The van der Waals surface area contributed by atoms with E-state index >= 15 is 0 Å². The van der Waals surface area contributed by atoms with Crippen LogP contribution in [0.1, 0.15) is 11.8 Å². The summed E-state index contributed by atoms with van der Waals surface area (Å²) in [5.41, 5.74) is 5.23. The average molecular weight is 147 g/mol. The summed E-state index contributed by atoms with van der Waals surface area (Å²) < 4.78 is 0. The van der Waals surface area contributed by atoms with Crippen LogP contribution >= 0.6 is 0 Å². The van der Waals surface area contributed by atoms with Crippen LogP contribution in [0.4, 0.5) is 0 Å². The van der Waals surface area contributed by atoms with Crippen LogP contribution in [0.2, 0.25) is 0 Å². The van der Waals surface area contributed by atoms with Crippen molar-refractivity contribution in [3.63, 3.8) is 0 Å². The van der Waals surface area contributed by atoms with Gasteiger partial charge in [0.25, 0.3) is 5.91 Å². The number of nitrogens with zero attached hydrogens (tertiary/aromatic N) is 2. The Labute approximate surface area is 81.6 Å². The fourth-order valence-corrected chi connectivity index (χ4v) is 0.426. The number of primary amides is 1. The maximum absolute atomic E-state index is 10.3. The van der Waals surface area contributed by atoms with Crippen LogP contribution in [0.15, 0.2) is 18.7 Å². The fourth-order valence-electron chi connectivity index (χ4n) is 0.426. The summed E-state index contributed by atoms with van der Waals surface area (Å²) in [6.07, 6.45) is 4.08. The van der Waals surface area contributed by atoms with Gasteiger partial charge in [-0.05, 0) is 0 Å². The maximum Gasteiger partial charge on any atom is 1.00 e. The van der Waals surface area contributed by atoms with Crippen LogP contribution in [0.5, 0.6) is 0 Å². The smallest absolute Gasteiger partial charge is 1.00 e. The summed E-state index contributed by atoms with van der Waals surface area (Å²) in [6.45, 7) is 0. The van der Waals surface area contributed by atoms with Gasteiger partial charge in [-0.15, -0.1) is 0 Å². The Balaban J connectivity index is 0. The first-order chi connectivity index (χ1) is 4.30. The largest absolute Gasteiger partial charge is 1.00 e. The van der Waals surface area contributed by atoms with Crippen molar-refractivity contribution >= 4 is 5.91 Å². The number of hydrogen-bond donors (Lipinski definition) is 1. The van der Waals surface area contributed by atoms with Gasteiger partial charge in [-0.2, -0.15) is 0 Å². The van der Waals surface area contributed by atoms with E-state index in [2.05, 4.69) is 9.97 Å². The van der Waals surface area contributed by atoms with E-state index in [0.717, 1.165) is 0 Å². The third kappa shape index (κ3) is 2.43. The SMILES string of the molecule is NC(=O)c1cncnc1.[H-].[Na+]. The van der Waals surface area contributed by atoms with Gasteiger partial charge in [-0.25, -0.2) is 9.97 Å². The first-order valence-corrected chi connectivity index (χ1v) is 2.35. The maximum atomic E-state index is 10.3. The Hall–Kier alpha value is -0.450. The molecule has 0 aliphatic carbocycles. The Morgan fingerprint density at radius 2 is 2.00 bits per heavy atom. The molecule has 0 spiro atoms. The minimum absolute atomic E-state index is 0. The summed E-state index contributed by atoms with van der Waals surface area (Å²) in [5, 5.41) is 0. The molecule has 5 heteroatoms. The van der Waals surface area contributed by atoms with Gasteiger partial charge in [0, 0.05) is 12.4 Å². The number of carbonyl (C=O) groups excluding carboxylic acids is 1. The molecule has 0 aliphatic heterocycles. The molecule has 48 valence electrons. The van der Waals surface area contributed by atoms with Crippen molar-refractivity contribution < 1.29 is 35.8 Å². The zero-order valence-electron chi connectivity index (χ0n) is 6.61. The predicted octanol–water partition coefficient (Wildman–Crippen LogP) is -3.31. The molecule has 4 nitrogen and oxygen atoms in total. The number of carbonyl (C=O) groups is 1. The van der Waals surface area contributed by atoms with E-state index < -0.39 is 5.91 Å². The van der Waals surface area contributed by atoms with Crippen molar-refractivity contribution in [3.8, 4) is 0 Å². The van der Waals surface area contributed by atoms with Crippen molar-refractivity contribution in [2.45, 2.75) is 0 Å². The molecule has 0 unspecified atom stereocenters. The third-order valence-corrected chi connectivity index (χ3v) is 0.845. The molecular weight excluding hydrogens is 141 g/mol. The van der Waals surface area contributed by atoms with Gasteiger partial charge in [0.1, 0.15) is 6.33 Å². The van der Waals surface area contributed by atoms with E-state index in [1.807, 2.05) is 0 Å². The number of hydrogen-bond acceptors (Lipinski definition) is 3. The Kier molecular flexibility index (Phi) is 4.18. The number of amides is 1. The second-order valence-electron chi connectivity index (χ2n) is 1.49. The minimum atomic E-state index is -0.504. The minimum Gasteiger partial charge on any atom is -1.00 e. The van der Waals surface area contributed by atoms with Crippen LogP contribution in [0.3, 0.4) is 0 Å². The zero-order chi connectivity index (χ0) is 6.69. The van der Waals surface area contributed by atoms with Crippen LogP contribution < -0.4 is 35.3 Å². The molecular formula is C5H6N3NaO. The molecule has 0 saturated heterocycles. The van der Waals surface area contributed by atoms with Gasteiger partial charge in [0.2, 0.25) is 0 Å². The second kappa shape index (κ2) is 4.38. The summed E-state index contributed by atoms with van der Waals surface area (Å²) in [5.74, 6) is -0.504. The molecule has 1 rings (SSSR count). The monoisotopic (exact) mass is 147 g/mol. The van der Waals surface area contributed by atoms with Crippen molar-refractivity contribution in [2.75, 3.05) is 0 Å². The van der Waals surface area contributed by atoms with E-state index in [1.165, 1.54) is 18.7 Å². The van der Waals surface area contributed by atoms with Crippen LogP contribution in [-0.2, 0) is 0 Å². The molecule has 0 saturated carbocycles. The first kappa shape index (κ1) is 9.55. The van der Waals surface area contributed by atoms with Crippen molar-refractivity contribution in [3.05, 3.63) is 24.3 Å². The standard InChI is InChI=1S/C5H5N3O.Na.H/c6-5(9)4-1-7-3-8-2-4;;/h1-3H,(H2,6,9);;/q;+1;-1. The van der Waals surface area contributed by atoms with Crippen molar-refractivity contribution in [1.82, 2.24) is 9.97 Å². The Morgan fingerprint density at radius 3 is 2.30 bits per heavy atom. The fraction of sp³-hybridized carbons (Fsp3) is 0. The molecule has 0 bridgehead atoms. The van der Waals surface area contributed by atoms with Crippen LogP contribution in [-0.4, -0.2) is 15.9 Å². The summed E-state index contributed by atoms with van der Waals surface area (Å²) in [6, 6.07) is 0. The van der Waals surface area contributed by atoms with E-state index in [9.17, 15) is 4.79 Å². The van der Waals surface area contributed by atoms with Gasteiger partial charge in [-0.1, -0.05) is 0 Å². The molecule has 2 N–H and O–H groups in total. The van der Waals surface area contributed by atoms with Gasteiger partial charge in [0.15, 0.2) is 0 Å². The first-order valence-electron chi connectivity index (χ1n) is 2.35. The molecule has 0 aromatic carbocycles. The molecule has 1 aromatic rings. The van der Waals surface area contributed by atoms with Crippen LogP contribution in [0.25, 0.3) is 0 Å². The van der Waals surface area contributed by atoms with Crippen molar-refractivity contribution in [1.29, 1.82) is 0 Å². The zero-order valence-corrected chi connectivity index (χ0v) is 7.61.